The molecule has 2 N–H and O–H groups in total. The molecule has 0 aliphatic carbocycles. The van der Waals surface area contributed by atoms with Gasteiger partial charge in [0.15, 0.2) is 0 Å². The number of amides is 2. The minimum atomic E-state index is -0.110. The van der Waals surface area contributed by atoms with Crippen molar-refractivity contribution in [3.63, 3.8) is 0 Å². The molecule has 1 aliphatic rings. The molecule has 2 atom stereocenters. The van der Waals surface area contributed by atoms with Crippen LogP contribution in [0.1, 0.15) is 36.2 Å². The molecule has 1 heterocycles. The third-order valence-corrected chi connectivity index (χ3v) is 5.44. The number of hydrogen-bond acceptors (Lipinski definition) is 3. The van der Waals surface area contributed by atoms with Crippen LogP contribution in [0.2, 0.25) is 0 Å². The molecular formula is C20H22N2O2S. The van der Waals surface area contributed by atoms with Crippen molar-refractivity contribution in [3.05, 3.63) is 59.7 Å². The van der Waals surface area contributed by atoms with E-state index in [0.717, 1.165) is 23.4 Å². The number of benzene rings is 2. The van der Waals surface area contributed by atoms with Crippen LogP contribution in [0.3, 0.4) is 0 Å². The molecule has 130 valence electrons. The molecule has 2 aromatic rings. The van der Waals surface area contributed by atoms with Crippen molar-refractivity contribution in [2.75, 3.05) is 5.32 Å². The SMILES string of the molecule is CC(CCc1ccccc1)NC(=O)c1ccc2c(c1)NC(=O)C(C)S2. The van der Waals surface area contributed by atoms with E-state index in [0.29, 0.717) is 5.56 Å². The van der Waals surface area contributed by atoms with Gasteiger partial charge in [-0.2, -0.15) is 0 Å². The van der Waals surface area contributed by atoms with E-state index in [1.807, 2.05) is 44.2 Å². The van der Waals surface area contributed by atoms with Gasteiger partial charge in [0.05, 0.1) is 10.9 Å². The Hall–Kier alpha value is -2.27. The fourth-order valence-electron chi connectivity index (χ4n) is 2.76. The maximum atomic E-state index is 12.5. The summed E-state index contributed by atoms with van der Waals surface area (Å²) in [5, 5.41) is 5.79. The number of nitrogens with one attached hydrogen (secondary N) is 2. The summed E-state index contributed by atoms with van der Waals surface area (Å²) in [6.07, 6.45) is 1.81. The summed E-state index contributed by atoms with van der Waals surface area (Å²) in [6.45, 7) is 3.89. The lowest BCUT2D eigenvalue weighted by Crippen LogP contribution is -2.33. The number of aryl methyl sites for hydroxylation is 1. The van der Waals surface area contributed by atoms with Crippen LogP contribution in [-0.4, -0.2) is 23.1 Å². The van der Waals surface area contributed by atoms with Crippen molar-refractivity contribution in [2.24, 2.45) is 0 Å². The molecule has 25 heavy (non-hydrogen) atoms. The number of hydrogen-bond donors (Lipinski definition) is 2. The first kappa shape index (κ1) is 17.5. The Bertz CT molecular complexity index is 777. The van der Waals surface area contributed by atoms with Gasteiger partial charge in [-0.25, -0.2) is 0 Å². The summed E-state index contributed by atoms with van der Waals surface area (Å²) >= 11 is 1.52. The zero-order valence-corrected chi connectivity index (χ0v) is 15.2. The summed E-state index contributed by atoms with van der Waals surface area (Å²) in [4.78, 5) is 25.3. The normalized spacial score (nSPS) is 17.4. The molecule has 3 rings (SSSR count). The van der Waals surface area contributed by atoms with Crippen molar-refractivity contribution < 1.29 is 9.59 Å². The fourth-order valence-corrected chi connectivity index (χ4v) is 3.69. The van der Waals surface area contributed by atoms with E-state index in [1.165, 1.54) is 17.3 Å². The highest BCUT2D eigenvalue weighted by Crippen LogP contribution is 2.35. The third-order valence-electron chi connectivity index (χ3n) is 4.26. The van der Waals surface area contributed by atoms with E-state index in [4.69, 9.17) is 0 Å². The summed E-state index contributed by atoms with van der Waals surface area (Å²) in [6, 6.07) is 15.8. The molecule has 0 radical (unpaired) electrons. The van der Waals surface area contributed by atoms with Gasteiger partial charge in [-0.15, -0.1) is 11.8 Å². The van der Waals surface area contributed by atoms with E-state index < -0.39 is 0 Å². The Kier molecular flexibility index (Phi) is 5.43. The molecule has 0 aromatic heterocycles. The molecule has 1 aliphatic heterocycles. The predicted molar refractivity (Wildman–Crippen MR) is 102 cm³/mol. The molecule has 0 saturated carbocycles. The van der Waals surface area contributed by atoms with Gasteiger partial charge in [-0.3, -0.25) is 9.59 Å². The number of rotatable bonds is 5. The second kappa shape index (κ2) is 7.74. The lowest BCUT2D eigenvalue weighted by molar-refractivity contribution is -0.115. The second-order valence-electron chi connectivity index (χ2n) is 6.36. The summed E-state index contributed by atoms with van der Waals surface area (Å²) in [7, 11) is 0. The number of thioether (sulfide) groups is 1. The molecule has 0 spiro atoms. The van der Waals surface area contributed by atoms with Crippen molar-refractivity contribution in [1.82, 2.24) is 5.32 Å². The molecule has 0 fully saturated rings. The van der Waals surface area contributed by atoms with Crippen molar-refractivity contribution in [3.8, 4) is 0 Å². The molecule has 2 unspecified atom stereocenters. The summed E-state index contributed by atoms with van der Waals surface area (Å²) < 4.78 is 0. The third kappa shape index (κ3) is 4.42. The van der Waals surface area contributed by atoms with Crippen LogP contribution in [0.15, 0.2) is 53.4 Å². The van der Waals surface area contributed by atoms with Gasteiger partial charge < -0.3 is 10.6 Å². The number of carbonyl (C=O) groups is 2. The first-order valence-corrected chi connectivity index (χ1v) is 9.37. The molecule has 2 aromatic carbocycles. The Morgan fingerprint density at radius 1 is 1.24 bits per heavy atom. The molecule has 2 amide bonds. The first-order chi connectivity index (χ1) is 12.0. The maximum Gasteiger partial charge on any atom is 0.251 e. The van der Waals surface area contributed by atoms with Crippen molar-refractivity contribution in [2.45, 2.75) is 42.9 Å². The molecule has 5 heteroatoms. The van der Waals surface area contributed by atoms with Gasteiger partial charge in [-0.1, -0.05) is 30.3 Å². The smallest absolute Gasteiger partial charge is 0.251 e. The van der Waals surface area contributed by atoms with Gasteiger partial charge in [0.2, 0.25) is 5.91 Å². The average Bonchev–Trinajstić information content (AvgIpc) is 2.61. The van der Waals surface area contributed by atoms with E-state index in [9.17, 15) is 9.59 Å². The Labute approximate surface area is 152 Å². The lowest BCUT2D eigenvalue weighted by atomic mass is 10.1. The molecule has 0 bridgehead atoms. The Morgan fingerprint density at radius 3 is 2.76 bits per heavy atom. The number of anilines is 1. The highest BCUT2D eigenvalue weighted by Gasteiger charge is 2.23. The predicted octanol–water partition coefficient (Wildman–Crippen LogP) is 3.87. The minimum Gasteiger partial charge on any atom is -0.350 e. The molecular weight excluding hydrogens is 332 g/mol. The monoisotopic (exact) mass is 354 g/mol. The van der Waals surface area contributed by atoms with Gasteiger partial charge >= 0.3 is 0 Å². The lowest BCUT2D eigenvalue weighted by Gasteiger charge is -2.22. The number of fused-ring (bicyclic) bond motifs is 1. The maximum absolute atomic E-state index is 12.5. The first-order valence-electron chi connectivity index (χ1n) is 8.49. The van der Waals surface area contributed by atoms with Crippen LogP contribution in [0.5, 0.6) is 0 Å². The summed E-state index contributed by atoms with van der Waals surface area (Å²) in [5.74, 6) is -0.132. The van der Waals surface area contributed by atoms with Crippen LogP contribution < -0.4 is 10.6 Å². The van der Waals surface area contributed by atoms with Crippen LogP contribution in [0.25, 0.3) is 0 Å². The zero-order chi connectivity index (χ0) is 17.8. The standard InChI is InChI=1S/C20H22N2O2S/c1-13(8-9-15-6-4-3-5-7-15)21-20(24)16-10-11-18-17(12-16)22-19(23)14(2)25-18/h3-7,10-14H,8-9H2,1-2H3,(H,21,24)(H,22,23). The van der Waals surface area contributed by atoms with Gasteiger partial charge in [0.1, 0.15) is 0 Å². The van der Waals surface area contributed by atoms with Gasteiger partial charge in [0.25, 0.3) is 5.91 Å². The van der Waals surface area contributed by atoms with Crippen molar-refractivity contribution >= 4 is 29.3 Å². The largest absolute Gasteiger partial charge is 0.350 e. The highest BCUT2D eigenvalue weighted by atomic mass is 32.2. The van der Waals surface area contributed by atoms with Gasteiger partial charge in [0, 0.05) is 16.5 Å². The fraction of sp³-hybridized carbons (Fsp3) is 0.300. The summed E-state index contributed by atoms with van der Waals surface area (Å²) in [5.41, 5.74) is 2.56. The van der Waals surface area contributed by atoms with Crippen LogP contribution >= 0.6 is 11.8 Å². The molecule has 4 nitrogen and oxygen atoms in total. The zero-order valence-electron chi connectivity index (χ0n) is 14.4. The van der Waals surface area contributed by atoms with Crippen LogP contribution in [-0.2, 0) is 11.2 Å². The topological polar surface area (TPSA) is 58.2 Å². The quantitative estimate of drug-likeness (QED) is 0.857. The van der Waals surface area contributed by atoms with Gasteiger partial charge in [-0.05, 0) is 50.5 Å². The van der Waals surface area contributed by atoms with E-state index in [2.05, 4.69) is 22.8 Å². The number of carbonyl (C=O) groups excluding carboxylic acids is 2. The van der Waals surface area contributed by atoms with Crippen molar-refractivity contribution in [1.29, 1.82) is 0 Å². The van der Waals surface area contributed by atoms with E-state index in [-0.39, 0.29) is 23.1 Å². The van der Waals surface area contributed by atoms with E-state index in [1.54, 1.807) is 6.07 Å². The second-order valence-corrected chi connectivity index (χ2v) is 7.74. The minimum absolute atomic E-state index is 0.0220. The van der Waals surface area contributed by atoms with E-state index >= 15 is 0 Å². The molecule has 0 saturated heterocycles. The van der Waals surface area contributed by atoms with Crippen LogP contribution in [0.4, 0.5) is 5.69 Å². The Balaban J connectivity index is 1.59. The van der Waals surface area contributed by atoms with Crippen LogP contribution in [0, 0.1) is 0 Å². The Morgan fingerprint density at radius 2 is 2.00 bits per heavy atom. The highest BCUT2D eigenvalue weighted by molar-refractivity contribution is 8.00. The average molecular weight is 354 g/mol.